The molecule has 0 aliphatic carbocycles. The molecule has 1 fully saturated rings. The van der Waals surface area contributed by atoms with Crippen LogP contribution in [0, 0.1) is 0 Å². The Balaban J connectivity index is 1.32. The Labute approximate surface area is 183 Å². The lowest BCUT2D eigenvalue weighted by molar-refractivity contribution is -0.137. The number of benzene rings is 1. The van der Waals surface area contributed by atoms with Gasteiger partial charge in [0, 0.05) is 32.4 Å². The van der Waals surface area contributed by atoms with Gasteiger partial charge in [0.15, 0.2) is 4.34 Å². The number of para-hydroxylation sites is 1. The third-order valence-electron chi connectivity index (χ3n) is 4.67. The van der Waals surface area contributed by atoms with E-state index in [1.807, 2.05) is 24.3 Å². The zero-order chi connectivity index (χ0) is 21.3. The first-order valence-electron chi connectivity index (χ1n) is 9.05. The van der Waals surface area contributed by atoms with Gasteiger partial charge in [0.05, 0.1) is 26.6 Å². The summed E-state index contributed by atoms with van der Waals surface area (Å²) >= 11 is 9.00. The molecule has 1 aromatic carbocycles. The second-order valence-corrected chi connectivity index (χ2v) is 9.29. The molecule has 1 saturated heterocycles. The number of amides is 1. The number of thioether (sulfide) groups is 1. The fraction of sp³-hybridized carbons (Fsp3) is 0.316. The first-order chi connectivity index (χ1) is 14.3. The first kappa shape index (κ1) is 21.2. The predicted molar refractivity (Wildman–Crippen MR) is 113 cm³/mol. The van der Waals surface area contributed by atoms with Crippen LogP contribution in [0.2, 0.25) is 5.02 Å². The van der Waals surface area contributed by atoms with Gasteiger partial charge in [0.2, 0.25) is 5.91 Å². The van der Waals surface area contributed by atoms with Crippen LogP contribution in [0.3, 0.4) is 0 Å². The summed E-state index contributed by atoms with van der Waals surface area (Å²) in [4.78, 5) is 24.5. The van der Waals surface area contributed by atoms with E-state index in [0.717, 1.165) is 26.8 Å². The molecule has 0 atom stereocenters. The van der Waals surface area contributed by atoms with Crippen LogP contribution in [0.15, 0.2) is 40.9 Å². The van der Waals surface area contributed by atoms with E-state index in [1.54, 1.807) is 21.1 Å². The quantitative estimate of drug-likeness (QED) is 0.510. The van der Waals surface area contributed by atoms with E-state index >= 15 is 0 Å². The number of rotatable bonds is 4. The number of pyridine rings is 1. The summed E-state index contributed by atoms with van der Waals surface area (Å²) in [7, 11) is 0. The largest absolute Gasteiger partial charge is 0.417 e. The van der Waals surface area contributed by atoms with Crippen molar-refractivity contribution in [3.8, 4) is 0 Å². The minimum atomic E-state index is -4.48. The van der Waals surface area contributed by atoms with E-state index in [1.165, 1.54) is 11.8 Å². The fourth-order valence-corrected chi connectivity index (χ4v) is 5.37. The number of thiazole rings is 1. The van der Waals surface area contributed by atoms with Crippen LogP contribution in [0.1, 0.15) is 5.56 Å². The fourth-order valence-electron chi connectivity index (χ4n) is 3.11. The van der Waals surface area contributed by atoms with Crippen molar-refractivity contribution in [2.45, 2.75) is 10.5 Å². The summed E-state index contributed by atoms with van der Waals surface area (Å²) in [5.41, 5.74) is 0.0453. The van der Waals surface area contributed by atoms with Crippen LogP contribution in [0.5, 0.6) is 0 Å². The van der Waals surface area contributed by atoms with Crippen molar-refractivity contribution in [3.05, 3.63) is 47.1 Å². The summed E-state index contributed by atoms with van der Waals surface area (Å²) < 4.78 is 40.3. The van der Waals surface area contributed by atoms with E-state index in [9.17, 15) is 18.0 Å². The number of piperazine rings is 1. The number of carbonyl (C=O) groups is 1. The van der Waals surface area contributed by atoms with Crippen LogP contribution >= 0.6 is 34.7 Å². The maximum atomic E-state index is 12.8. The average Bonchev–Trinajstić information content (AvgIpc) is 3.14. The van der Waals surface area contributed by atoms with E-state index in [2.05, 4.69) is 9.97 Å². The number of anilines is 1. The number of nitrogens with zero attached hydrogens (tertiary/aromatic N) is 4. The number of halogens is 4. The molecule has 0 unspecified atom stereocenters. The van der Waals surface area contributed by atoms with Crippen molar-refractivity contribution in [2.75, 3.05) is 36.8 Å². The first-order valence-corrected chi connectivity index (χ1v) is 11.2. The number of carbonyl (C=O) groups excluding carboxylic acids is 1. The number of alkyl halides is 3. The highest BCUT2D eigenvalue weighted by atomic mass is 35.5. The topological polar surface area (TPSA) is 49.3 Å². The summed E-state index contributed by atoms with van der Waals surface area (Å²) in [6, 6.07) is 8.71. The van der Waals surface area contributed by atoms with E-state index in [-0.39, 0.29) is 10.9 Å². The second kappa shape index (κ2) is 8.60. The number of hydrogen-bond acceptors (Lipinski definition) is 6. The summed E-state index contributed by atoms with van der Waals surface area (Å²) in [6.45, 7) is 1.82. The molecule has 30 heavy (non-hydrogen) atoms. The molecule has 1 amide bonds. The molecule has 3 heterocycles. The molecule has 0 radical (unpaired) electrons. The van der Waals surface area contributed by atoms with Gasteiger partial charge in [0.1, 0.15) is 5.82 Å². The molecule has 0 bridgehead atoms. The van der Waals surface area contributed by atoms with Gasteiger partial charge in [-0.3, -0.25) is 4.79 Å². The zero-order valence-electron chi connectivity index (χ0n) is 15.5. The summed E-state index contributed by atoms with van der Waals surface area (Å²) in [6.07, 6.45) is -3.70. The monoisotopic (exact) mass is 472 g/mol. The average molecular weight is 473 g/mol. The SMILES string of the molecule is O=C(CSc1nc2ccccc2s1)N1CCN(c2ncc(C(F)(F)F)cc2Cl)CC1. The van der Waals surface area contributed by atoms with Gasteiger partial charge >= 0.3 is 6.18 Å². The van der Waals surface area contributed by atoms with E-state index < -0.39 is 11.7 Å². The predicted octanol–water partition coefficient (Wildman–Crippen LogP) is 4.80. The molecule has 0 spiro atoms. The highest BCUT2D eigenvalue weighted by Gasteiger charge is 2.32. The Bertz CT molecular complexity index is 1030. The van der Waals surface area contributed by atoms with Crippen LogP contribution in [-0.2, 0) is 11.0 Å². The van der Waals surface area contributed by atoms with Crippen LogP contribution in [0.4, 0.5) is 19.0 Å². The number of hydrogen-bond donors (Lipinski definition) is 0. The molecule has 4 rings (SSSR count). The number of aromatic nitrogens is 2. The normalized spacial score (nSPS) is 15.1. The molecular formula is C19H16ClF3N4OS2. The Kier molecular flexibility index (Phi) is 6.08. The Morgan fingerprint density at radius 3 is 2.60 bits per heavy atom. The maximum Gasteiger partial charge on any atom is 0.417 e. The standard InChI is InChI=1S/C19H16ClF3N4OS2/c20-13-9-12(19(21,22)23)10-24-17(13)27-7-5-26(6-8-27)16(28)11-29-18-25-14-3-1-2-4-15(14)30-18/h1-4,9-10H,5-8,11H2. The van der Waals surface area contributed by atoms with Gasteiger partial charge in [-0.25, -0.2) is 9.97 Å². The van der Waals surface area contributed by atoms with Crippen molar-refractivity contribution in [1.29, 1.82) is 0 Å². The highest BCUT2D eigenvalue weighted by molar-refractivity contribution is 8.01. The Morgan fingerprint density at radius 1 is 1.20 bits per heavy atom. The highest BCUT2D eigenvalue weighted by Crippen LogP contribution is 2.34. The van der Waals surface area contributed by atoms with Gasteiger partial charge in [-0.1, -0.05) is 35.5 Å². The third-order valence-corrected chi connectivity index (χ3v) is 7.12. The van der Waals surface area contributed by atoms with Gasteiger partial charge in [-0.15, -0.1) is 11.3 Å². The van der Waals surface area contributed by atoms with Gasteiger partial charge in [-0.05, 0) is 18.2 Å². The van der Waals surface area contributed by atoms with Crippen LogP contribution in [0.25, 0.3) is 10.2 Å². The summed E-state index contributed by atoms with van der Waals surface area (Å²) in [5, 5.41) is -0.0454. The van der Waals surface area contributed by atoms with Crippen molar-refractivity contribution >= 4 is 56.6 Å². The van der Waals surface area contributed by atoms with E-state index in [0.29, 0.717) is 37.7 Å². The molecule has 11 heteroatoms. The lowest BCUT2D eigenvalue weighted by Crippen LogP contribution is -2.49. The molecule has 1 aliphatic heterocycles. The van der Waals surface area contributed by atoms with E-state index in [4.69, 9.17) is 11.6 Å². The molecule has 0 saturated carbocycles. The molecular weight excluding hydrogens is 457 g/mol. The smallest absolute Gasteiger partial charge is 0.352 e. The third kappa shape index (κ3) is 4.65. The molecule has 0 N–H and O–H groups in total. The molecule has 158 valence electrons. The van der Waals surface area contributed by atoms with Gasteiger partial charge in [-0.2, -0.15) is 13.2 Å². The number of fused-ring (bicyclic) bond motifs is 1. The Morgan fingerprint density at radius 2 is 1.93 bits per heavy atom. The molecule has 3 aromatic rings. The van der Waals surface area contributed by atoms with Crippen molar-refractivity contribution in [3.63, 3.8) is 0 Å². The Hall–Kier alpha value is -2.04. The minimum absolute atomic E-state index is 0.00498. The van der Waals surface area contributed by atoms with Gasteiger partial charge < -0.3 is 9.80 Å². The molecule has 5 nitrogen and oxygen atoms in total. The van der Waals surface area contributed by atoms with Crippen molar-refractivity contribution in [2.24, 2.45) is 0 Å². The zero-order valence-corrected chi connectivity index (χ0v) is 17.9. The second-order valence-electron chi connectivity index (χ2n) is 6.63. The molecule has 2 aromatic heterocycles. The lowest BCUT2D eigenvalue weighted by atomic mass is 10.2. The van der Waals surface area contributed by atoms with Crippen molar-refractivity contribution < 1.29 is 18.0 Å². The summed E-state index contributed by atoms with van der Waals surface area (Å²) in [5.74, 6) is 0.602. The van der Waals surface area contributed by atoms with Crippen LogP contribution in [-0.4, -0.2) is 52.7 Å². The van der Waals surface area contributed by atoms with Crippen LogP contribution < -0.4 is 4.90 Å². The van der Waals surface area contributed by atoms with Crippen molar-refractivity contribution in [1.82, 2.24) is 14.9 Å². The minimum Gasteiger partial charge on any atom is -0.352 e. The molecule has 1 aliphatic rings. The maximum absolute atomic E-state index is 12.8. The van der Waals surface area contributed by atoms with Gasteiger partial charge in [0.25, 0.3) is 0 Å². The lowest BCUT2D eigenvalue weighted by Gasteiger charge is -2.35.